The molecule has 0 fully saturated rings. The molecule has 16 heavy (non-hydrogen) atoms. The molecule has 2 aromatic heterocycles. The van der Waals surface area contributed by atoms with Crippen LogP contribution in [0.1, 0.15) is 41.9 Å². The van der Waals surface area contributed by atoms with Crippen LogP contribution in [-0.4, -0.2) is 0 Å². The smallest absolute Gasteiger partial charge is 0.126 e. The second kappa shape index (κ2) is 4.85. The first-order valence-electron chi connectivity index (χ1n) is 5.66. The Morgan fingerprint density at radius 1 is 1.25 bits per heavy atom. The van der Waals surface area contributed by atoms with Crippen LogP contribution in [0.4, 0.5) is 0 Å². The highest BCUT2D eigenvalue weighted by molar-refractivity contribution is 7.10. The van der Waals surface area contributed by atoms with Gasteiger partial charge in [0, 0.05) is 11.3 Å². The lowest BCUT2D eigenvalue weighted by molar-refractivity contribution is 0.455. The minimum Gasteiger partial charge on any atom is -0.464 e. The maximum Gasteiger partial charge on any atom is 0.126 e. The van der Waals surface area contributed by atoms with Crippen molar-refractivity contribution >= 4 is 11.3 Å². The second-order valence-electron chi connectivity index (χ2n) is 3.80. The molecule has 86 valence electrons. The molecule has 0 saturated carbocycles. The average molecular weight is 235 g/mol. The minimum atomic E-state index is -0.116. The van der Waals surface area contributed by atoms with E-state index in [9.17, 15) is 0 Å². The third-order valence-corrected chi connectivity index (χ3v) is 3.82. The molecular formula is C13H17NOS. The van der Waals surface area contributed by atoms with Crippen LogP contribution in [0.15, 0.2) is 28.0 Å². The van der Waals surface area contributed by atoms with Crippen molar-refractivity contribution in [3.05, 3.63) is 45.5 Å². The van der Waals surface area contributed by atoms with E-state index in [-0.39, 0.29) is 6.04 Å². The Bertz CT molecular complexity index is 458. The Labute approximate surface area is 100 Å². The van der Waals surface area contributed by atoms with Gasteiger partial charge in [-0.25, -0.2) is 0 Å². The van der Waals surface area contributed by atoms with Gasteiger partial charge in [0.1, 0.15) is 11.5 Å². The Balaban J connectivity index is 2.27. The van der Waals surface area contributed by atoms with Crippen molar-refractivity contribution in [2.45, 2.75) is 32.7 Å². The molecule has 0 saturated heterocycles. The van der Waals surface area contributed by atoms with Crippen LogP contribution in [0.3, 0.4) is 0 Å². The van der Waals surface area contributed by atoms with Crippen LogP contribution in [0.2, 0.25) is 0 Å². The first kappa shape index (κ1) is 11.4. The van der Waals surface area contributed by atoms with Gasteiger partial charge in [-0.05, 0) is 35.6 Å². The van der Waals surface area contributed by atoms with E-state index in [4.69, 9.17) is 10.2 Å². The molecule has 1 unspecified atom stereocenters. The van der Waals surface area contributed by atoms with Crippen molar-refractivity contribution < 1.29 is 4.42 Å². The Hall–Kier alpha value is -1.06. The number of hydrogen-bond donors (Lipinski definition) is 1. The predicted molar refractivity (Wildman–Crippen MR) is 67.8 cm³/mol. The summed E-state index contributed by atoms with van der Waals surface area (Å²) in [5.41, 5.74) is 7.55. The zero-order valence-corrected chi connectivity index (χ0v) is 10.5. The van der Waals surface area contributed by atoms with Gasteiger partial charge in [0.2, 0.25) is 0 Å². The number of hydrogen-bond acceptors (Lipinski definition) is 3. The van der Waals surface area contributed by atoms with Crippen LogP contribution >= 0.6 is 11.3 Å². The van der Waals surface area contributed by atoms with Gasteiger partial charge in [-0.15, -0.1) is 11.3 Å². The zero-order chi connectivity index (χ0) is 11.5. The molecule has 2 rings (SSSR count). The lowest BCUT2D eigenvalue weighted by Crippen LogP contribution is -2.10. The molecule has 2 N–H and O–H groups in total. The maximum atomic E-state index is 6.22. The Morgan fingerprint density at radius 2 is 2.06 bits per heavy atom. The van der Waals surface area contributed by atoms with Crippen LogP contribution in [0, 0.1) is 0 Å². The molecule has 0 aliphatic rings. The SMILES string of the molecule is CCc1ccc(C(N)c2sccc2CC)o1. The van der Waals surface area contributed by atoms with Gasteiger partial charge in [0.25, 0.3) is 0 Å². The van der Waals surface area contributed by atoms with E-state index in [2.05, 4.69) is 25.3 Å². The van der Waals surface area contributed by atoms with Gasteiger partial charge in [0.15, 0.2) is 0 Å². The van der Waals surface area contributed by atoms with Crippen LogP contribution < -0.4 is 5.73 Å². The normalized spacial score (nSPS) is 12.9. The van der Waals surface area contributed by atoms with E-state index < -0.39 is 0 Å². The molecule has 2 nitrogen and oxygen atoms in total. The van der Waals surface area contributed by atoms with E-state index in [1.54, 1.807) is 11.3 Å². The molecule has 3 heteroatoms. The third kappa shape index (κ3) is 2.06. The van der Waals surface area contributed by atoms with E-state index in [1.165, 1.54) is 10.4 Å². The van der Waals surface area contributed by atoms with E-state index >= 15 is 0 Å². The fourth-order valence-electron chi connectivity index (χ4n) is 1.79. The average Bonchev–Trinajstić information content (AvgIpc) is 2.96. The van der Waals surface area contributed by atoms with Crippen LogP contribution in [0.25, 0.3) is 0 Å². The first-order chi connectivity index (χ1) is 7.76. The summed E-state index contributed by atoms with van der Waals surface area (Å²) in [5, 5.41) is 2.09. The van der Waals surface area contributed by atoms with Crippen LogP contribution in [-0.2, 0) is 12.8 Å². The van der Waals surface area contributed by atoms with Gasteiger partial charge < -0.3 is 10.2 Å². The number of nitrogens with two attached hydrogens (primary N) is 1. The number of rotatable bonds is 4. The summed E-state index contributed by atoms with van der Waals surface area (Å²) in [6.45, 7) is 4.23. The highest BCUT2D eigenvalue weighted by Gasteiger charge is 2.17. The van der Waals surface area contributed by atoms with Gasteiger partial charge in [-0.3, -0.25) is 0 Å². The fourth-order valence-corrected chi connectivity index (χ4v) is 2.80. The summed E-state index contributed by atoms with van der Waals surface area (Å²) < 4.78 is 5.70. The van der Waals surface area contributed by atoms with Gasteiger partial charge >= 0.3 is 0 Å². The summed E-state index contributed by atoms with van der Waals surface area (Å²) in [5.74, 6) is 1.87. The second-order valence-corrected chi connectivity index (χ2v) is 4.75. The van der Waals surface area contributed by atoms with Crippen molar-refractivity contribution in [3.63, 3.8) is 0 Å². The summed E-state index contributed by atoms with van der Waals surface area (Å²) in [6.07, 6.45) is 1.94. The fraction of sp³-hybridized carbons (Fsp3) is 0.385. The molecule has 0 bridgehead atoms. The monoisotopic (exact) mass is 235 g/mol. The molecule has 0 aliphatic carbocycles. The summed E-state index contributed by atoms with van der Waals surface area (Å²) >= 11 is 1.71. The quantitative estimate of drug-likeness (QED) is 0.880. The summed E-state index contributed by atoms with van der Waals surface area (Å²) in [4.78, 5) is 1.22. The van der Waals surface area contributed by atoms with E-state index in [1.807, 2.05) is 12.1 Å². The van der Waals surface area contributed by atoms with E-state index in [0.29, 0.717) is 0 Å². The molecule has 1 atom stereocenters. The summed E-state index contributed by atoms with van der Waals surface area (Å²) in [7, 11) is 0. The number of aryl methyl sites for hydroxylation is 2. The maximum absolute atomic E-state index is 6.22. The minimum absolute atomic E-state index is 0.116. The standard InChI is InChI=1S/C13H17NOS/c1-3-9-7-8-16-13(9)12(14)11-6-5-10(4-2)15-11/h5-8,12H,3-4,14H2,1-2H3. The van der Waals surface area contributed by atoms with Crippen molar-refractivity contribution in [3.8, 4) is 0 Å². The number of furan rings is 1. The van der Waals surface area contributed by atoms with Crippen molar-refractivity contribution in [1.82, 2.24) is 0 Å². The van der Waals surface area contributed by atoms with Gasteiger partial charge in [0.05, 0.1) is 6.04 Å². The van der Waals surface area contributed by atoms with Crippen molar-refractivity contribution in [2.24, 2.45) is 5.73 Å². The topological polar surface area (TPSA) is 39.2 Å². The molecule has 0 spiro atoms. The molecule has 2 aromatic rings. The van der Waals surface area contributed by atoms with Gasteiger partial charge in [-0.1, -0.05) is 13.8 Å². The molecule has 0 radical (unpaired) electrons. The number of thiophene rings is 1. The summed E-state index contributed by atoms with van der Waals surface area (Å²) in [6, 6.07) is 6.02. The predicted octanol–water partition coefficient (Wildman–Crippen LogP) is 3.51. The lowest BCUT2D eigenvalue weighted by atomic mass is 10.1. The Kier molecular flexibility index (Phi) is 3.46. The lowest BCUT2D eigenvalue weighted by Gasteiger charge is -2.08. The van der Waals surface area contributed by atoms with Gasteiger partial charge in [-0.2, -0.15) is 0 Å². The largest absolute Gasteiger partial charge is 0.464 e. The zero-order valence-electron chi connectivity index (χ0n) is 9.69. The Morgan fingerprint density at radius 3 is 2.69 bits per heavy atom. The van der Waals surface area contributed by atoms with E-state index in [0.717, 1.165) is 24.4 Å². The van der Waals surface area contributed by atoms with Crippen LogP contribution in [0.5, 0.6) is 0 Å². The van der Waals surface area contributed by atoms with Crippen molar-refractivity contribution in [1.29, 1.82) is 0 Å². The highest BCUT2D eigenvalue weighted by atomic mass is 32.1. The molecule has 2 heterocycles. The molecule has 0 aliphatic heterocycles. The highest BCUT2D eigenvalue weighted by Crippen LogP contribution is 2.29. The first-order valence-corrected chi connectivity index (χ1v) is 6.54. The van der Waals surface area contributed by atoms with Crippen molar-refractivity contribution in [2.75, 3.05) is 0 Å². The molecule has 0 aromatic carbocycles. The molecule has 0 amide bonds. The molecular weight excluding hydrogens is 218 g/mol. The third-order valence-electron chi connectivity index (χ3n) is 2.78.